The molecule has 0 amide bonds. The Bertz CT molecular complexity index is 674. The zero-order chi connectivity index (χ0) is 12.9. The van der Waals surface area contributed by atoms with E-state index in [4.69, 9.17) is 4.74 Å². The molecule has 4 nitrogen and oxygen atoms in total. The van der Waals surface area contributed by atoms with Crippen molar-refractivity contribution >= 4 is 5.78 Å². The van der Waals surface area contributed by atoms with Crippen molar-refractivity contribution in [2.75, 3.05) is 7.11 Å². The van der Waals surface area contributed by atoms with Crippen molar-refractivity contribution in [1.29, 1.82) is 0 Å². The summed E-state index contributed by atoms with van der Waals surface area (Å²) >= 11 is 0. The fourth-order valence-corrected chi connectivity index (χ4v) is 2.34. The lowest BCUT2D eigenvalue weighted by atomic mass is 10.0. The van der Waals surface area contributed by atoms with Gasteiger partial charge in [0.15, 0.2) is 5.78 Å². The van der Waals surface area contributed by atoms with E-state index in [1.165, 1.54) is 25.3 Å². The van der Waals surface area contributed by atoms with E-state index in [1.807, 2.05) is 0 Å². The molecule has 0 spiro atoms. The topological polar surface area (TPSA) is 66.8 Å². The first-order chi connectivity index (χ1) is 8.63. The van der Waals surface area contributed by atoms with Gasteiger partial charge in [-0.25, -0.2) is 0 Å². The lowest BCUT2D eigenvalue weighted by Crippen LogP contribution is -1.95. The largest absolute Gasteiger partial charge is 0.508 e. The lowest BCUT2D eigenvalue weighted by molar-refractivity contribution is 0.104. The molecule has 90 valence electrons. The quantitative estimate of drug-likeness (QED) is 0.687. The summed E-state index contributed by atoms with van der Waals surface area (Å²) in [5.41, 5.74) is 1.78. The summed E-state index contributed by atoms with van der Waals surface area (Å²) in [4.78, 5) is 12.2. The minimum absolute atomic E-state index is 0.0311. The predicted molar refractivity (Wildman–Crippen MR) is 65.2 cm³/mol. The number of hydrogen-bond donors (Lipinski definition) is 2. The number of carbonyl (C=O) groups excluding carboxylic acids is 1. The highest BCUT2D eigenvalue weighted by molar-refractivity contribution is 6.23. The van der Waals surface area contributed by atoms with Crippen molar-refractivity contribution in [3.8, 4) is 28.4 Å². The van der Waals surface area contributed by atoms with Gasteiger partial charge in [-0.05, 0) is 12.1 Å². The zero-order valence-corrected chi connectivity index (χ0v) is 9.60. The van der Waals surface area contributed by atoms with Crippen molar-refractivity contribution in [2.24, 2.45) is 0 Å². The number of carbonyl (C=O) groups is 1. The number of phenolic OH excluding ortho intramolecular Hbond substituents is 2. The second-order valence-electron chi connectivity index (χ2n) is 4.10. The number of rotatable bonds is 1. The third-order valence-corrected chi connectivity index (χ3v) is 3.09. The number of hydrogen-bond acceptors (Lipinski definition) is 4. The summed E-state index contributed by atoms with van der Waals surface area (Å²) in [6, 6.07) is 7.60. The summed E-state index contributed by atoms with van der Waals surface area (Å²) in [5, 5.41) is 19.5. The number of methoxy groups -OCH3 is 1. The van der Waals surface area contributed by atoms with E-state index < -0.39 is 0 Å². The van der Waals surface area contributed by atoms with Crippen LogP contribution in [-0.4, -0.2) is 23.1 Å². The maximum absolute atomic E-state index is 12.2. The third-order valence-electron chi connectivity index (χ3n) is 3.09. The van der Waals surface area contributed by atoms with Gasteiger partial charge in [-0.1, -0.05) is 12.1 Å². The van der Waals surface area contributed by atoms with E-state index in [9.17, 15) is 15.0 Å². The molecule has 1 aliphatic carbocycles. The van der Waals surface area contributed by atoms with Gasteiger partial charge in [-0.3, -0.25) is 4.79 Å². The van der Waals surface area contributed by atoms with Gasteiger partial charge in [0.2, 0.25) is 0 Å². The Labute approximate surface area is 103 Å². The molecule has 0 radical (unpaired) electrons. The van der Waals surface area contributed by atoms with Crippen LogP contribution < -0.4 is 4.74 Å². The van der Waals surface area contributed by atoms with Gasteiger partial charge >= 0.3 is 0 Å². The van der Waals surface area contributed by atoms with Crippen LogP contribution in [0.5, 0.6) is 17.2 Å². The number of benzene rings is 2. The number of ketones is 1. The van der Waals surface area contributed by atoms with E-state index in [2.05, 4.69) is 0 Å². The Hall–Kier alpha value is -2.49. The molecule has 2 N–H and O–H groups in total. The van der Waals surface area contributed by atoms with E-state index in [0.717, 1.165) is 0 Å². The van der Waals surface area contributed by atoms with Crippen LogP contribution in [0.25, 0.3) is 11.1 Å². The Morgan fingerprint density at radius 1 is 1.06 bits per heavy atom. The summed E-state index contributed by atoms with van der Waals surface area (Å²) in [6.45, 7) is 0. The average molecular weight is 242 g/mol. The molecule has 0 unspecified atom stereocenters. The van der Waals surface area contributed by atoms with Crippen LogP contribution >= 0.6 is 0 Å². The molecular formula is C14H10O4. The second kappa shape index (κ2) is 3.50. The van der Waals surface area contributed by atoms with Crippen LogP contribution in [0.1, 0.15) is 15.9 Å². The molecule has 0 saturated heterocycles. The Balaban J connectivity index is 2.44. The van der Waals surface area contributed by atoms with Gasteiger partial charge in [0.25, 0.3) is 0 Å². The van der Waals surface area contributed by atoms with Crippen molar-refractivity contribution in [2.45, 2.75) is 0 Å². The normalized spacial score (nSPS) is 12.2. The molecular weight excluding hydrogens is 232 g/mol. The molecule has 0 atom stereocenters. The van der Waals surface area contributed by atoms with Gasteiger partial charge in [0.05, 0.1) is 7.11 Å². The first-order valence-electron chi connectivity index (χ1n) is 5.41. The van der Waals surface area contributed by atoms with Crippen LogP contribution in [0.2, 0.25) is 0 Å². The second-order valence-corrected chi connectivity index (χ2v) is 4.10. The Morgan fingerprint density at radius 2 is 1.83 bits per heavy atom. The standard InChI is InChI=1S/C14H10O4/c1-18-11-6-7(15)5-9-13(11)12-8(14(9)17)3-2-4-10(12)16/h2-6,15-16H,1H3. The highest BCUT2D eigenvalue weighted by atomic mass is 16.5. The van der Waals surface area contributed by atoms with E-state index >= 15 is 0 Å². The highest BCUT2D eigenvalue weighted by Gasteiger charge is 2.32. The monoisotopic (exact) mass is 242 g/mol. The van der Waals surface area contributed by atoms with E-state index in [-0.39, 0.29) is 17.3 Å². The van der Waals surface area contributed by atoms with Crippen LogP contribution in [0.15, 0.2) is 30.3 Å². The fraction of sp³-hybridized carbons (Fsp3) is 0.0714. The van der Waals surface area contributed by atoms with Gasteiger partial charge in [-0.2, -0.15) is 0 Å². The molecule has 0 fully saturated rings. The molecule has 18 heavy (non-hydrogen) atoms. The number of aromatic hydroxyl groups is 2. The lowest BCUT2D eigenvalue weighted by Gasteiger charge is -2.09. The molecule has 3 rings (SSSR count). The molecule has 0 heterocycles. The zero-order valence-electron chi connectivity index (χ0n) is 9.60. The SMILES string of the molecule is COc1cc(O)cc2c1-c1c(O)cccc1C2=O. The Morgan fingerprint density at radius 3 is 2.56 bits per heavy atom. The molecule has 0 bridgehead atoms. The van der Waals surface area contributed by atoms with Crippen LogP contribution in [0.3, 0.4) is 0 Å². The fourth-order valence-electron chi connectivity index (χ4n) is 2.34. The van der Waals surface area contributed by atoms with Crippen molar-refractivity contribution in [3.63, 3.8) is 0 Å². The highest BCUT2D eigenvalue weighted by Crippen LogP contribution is 2.48. The maximum Gasteiger partial charge on any atom is 0.194 e. The molecule has 0 saturated carbocycles. The number of ether oxygens (including phenoxy) is 1. The molecule has 4 heteroatoms. The molecule has 0 aromatic heterocycles. The van der Waals surface area contributed by atoms with E-state index in [0.29, 0.717) is 28.0 Å². The summed E-state index contributed by atoms with van der Waals surface area (Å²) in [5.74, 6) is 0.151. The first kappa shape index (κ1) is 10.7. The van der Waals surface area contributed by atoms with Crippen molar-refractivity contribution in [1.82, 2.24) is 0 Å². The average Bonchev–Trinajstić information content (AvgIpc) is 2.64. The van der Waals surface area contributed by atoms with Crippen LogP contribution in [-0.2, 0) is 0 Å². The van der Waals surface area contributed by atoms with Gasteiger partial charge in [-0.15, -0.1) is 0 Å². The molecule has 1 aliphatic rings. The molecule has 2 aromatic carbocycles. The number of phenols is 2. The summed E-state index contributed by atoms with van der Waals surface area (Å²) < 4.78 is 5.17. The number of fused-ring (bicyclic) bond motifs is 3. The summed E-state index contributed by atoms with van der Waals surface area (Å²) in [6.07, 6.45) is 0. The predicted octanol–water partition coefficient (Wildman–Crippen LogP) is 2.32. The molecule has 0 aliphatic heterocycles. The minimum Gasteiger partial charge on any atom is -0.508 e. The Kier molecular flexibility index (Phi) is 2.07. The van der Waals surface area contributed by atoms with Gasteiger partial charge in [0.1, 0.15) is 17.2 Å². The van der Waals surface area contributed by atoms with Crippen LogP contribution in [0.4, 0.5) is 0 Å². The molecule has 2 aromatic rings. The first-order valence-corrected chi connectivity index (χ1v) is 5.41. The van der Waals surface area contributed by atoms with E-state index in [1.54, 1.807) is 12.1 Å². The van der Waals surface area contributed by atoms with Gasteiger partial charge < -0.3 is 14.9 Å². The van der Waals surface area contributed by atoms with Gasteiger partial charge in [0, 0.05) is 28.3 Å². The smallest absolute Gasteiger partial charge is 0.194 e. The maximum atomic E-state index is 12.2. The van der Waals surface area contributed by atoms with Crippen molar-refractivity contribution < 1.29 is 19.7 Å². The third kappa shape index (κ3) is 1.23. The van der Waals surface area contributed by atoms with Crippen LogP contribution in [0, 0.1) is 0 Å². The summed E-state index contributed by atoms with van der Waals surface area (Å²) in [7, 11) is 1.46. The van der Waals surface area contributed by atoms with Crippen molar-refractivity contribution in [3.05, 3.63) is 41.5 Å². The minimum atomic E-state index is -0.217.